The van der Waals surface area contributed by atoms with E-state index in [9.17, 15) is 5.11 Å². The van der Waals surface area contributed by atoms with Gasteiger partial charge in [-0.1, -0.05) is 18.2 Å². The van der Waals surface area contributed by atoms with Crippen LogP contribution >= 0.6 is 24.8 Å². The number of hydrogen-bond donors (Lipinski definition) is 2. The Kier molecular flexibility index (Phi) is 7.99. The first kappa shape index (κ1) is 21.3. The maximum Gasteiger partial charge on any atom is 0.116 e. The van der Waals surface area contributed by atoms with Crippen molar-refractivity contribution in [3.8, 4) is 5.75 Å². The van der Waals surface area contributed by atoms with Crippen molar-refractivity contribution in [3.63, 3.8) is 0 Å². The highest BCUT2D eigenvalue weighted by Crippen LogP contribution is 2.36. The van der Waals surface area contributed by atoms with Crippen molar-refractivity contribution < 1.29 is 9.84 Å². The number of phenolic OH excluding ortho intramolecular Hbond substituents is 1. The van der Waals surface area contributed by atoms with Crippen molar-refractivity contribution in [2.45, 2.75) is 18.9 Å². The van der Waals surface area contributed by atoms with Gasteiger partial charge >= 0.3 is 0 Å². The van der Waals surface area contributed by atoms with Gasteiger partial charge in [-0.05, 0) is 53.3 Å². The van der Waals surface area contributed by atoms with Crippen LogP contribution < -0.4 is 5.32 Å². The average Bonchev–Trinajstić information content (AvgIpc) is 2.64. The number of nitrogens with zero attached hydrogens (tertiary/aromatic N) is 1. The SMILES string of the molecule is Cl.Cl.Oc1ccc2cc([C@@H](C3CCOCC3)N3CCNCC3)ccc2c1. The van der Waals surface area contributed by atoms with Gasteiger partial charge in [0.25, 0.3) is 0 Å². The molecule has 0 spiro atoms. The number of fused-ring (bicyclic) bond motifs is 1. The van der Waals surface area contributed by atoms with E-state index in [1.807, 2.05) is 12.1 Å². The summed E-state index contributed by atoms with van der Waals surface area (Å²) in [6, 6.07) is 12.8. The van der Waals surface area contributed by atoms with Gasteiger partial charge in [0.2, 0.25) is 0 Å². The van der Waals surface area contributed by atoms with E-state index in [0.29, 0.717) is 17.7 Å². The zero-order valence-electron chi connectivity index (χ0n) is 14.9. The molecule has 2 saturated heterocycles. The van der Waals surface area contributed by atoms with Crippen LogP contribution in [0.1, 0.15) is 24.4 Å². The van der Waals surface area contributed by atoms with Gasteiger partial charge in [-0.15, -0.1) is 24.8 Å². The molecule has 2 heterocycles. The Morgan fingerprint density at radius 3 is 2.35 bits per heavy atom. The van der Waals surface area contributed by atoms with Crippen LogP contribution in [0, 0.1) is 5.92 Å². The summed E-state index contributed by atoms with van der Waals surface area (Å²) in [6.07, 6.45) is 2.28. The van der Waals surface area contributed by atoms with Crippen LogP contribution in [-0.2, 0) is 4.74 Å². The van der Waals surface area contributed by atoms with Crippen molar-refractivity contribution in [1.29, 1.82) is 0 Å². The van der Waals surface area contributed by atoms with Crippen LogP contribution in [0.4, 0.5) is 0 Å². The fourth-order valence-electron chi connectivity index (χ4n) is 4.21. The highest BCUT2D eigenvalue weighted by Gasteiger charge is 2.31. The maximum atomic E-state index is 9.69. The number of piperazine rings is 1. The standard InChI is InChI=1S/C20H26N2O2.2ClH/c23-19-4-3-16-13-18(2-1-17(16)14-19)20(15-5-11-24-12-6-15)22-9-7-21-8-10-22;;/h1-4,13-15,20-21,23H,5-12H2;2*1H/t20-;;/m1../s1. The molecule has 2 aliphatic heterocycles. The lowest BCUT2D eigenvalue weighted by molar-refractivity contribution is 0.0213. The molecule has 144 valence electrons. The molecule has 2 N–H and O–H groups in total. The molecule has 2 aromatic rings. The Labute approximate surface area is 167 Å². The predicted molar refractivity (Wildman–Crippen MR) is 111 cm³/mol. The van der Waals surface area contributed by atoms with Crippen LogP contribution in [0.15, 0.2) is 36.4 Å². The average molecular weight is 399 g/mol. The van der Waals surface area contributed by atoms with Crippen LogP contribution in [0.3, 0.4) is 0 Å². The van der Waals surface area contributed by atoms with E-state index >= 15 is 0 Å². The number of benzene rings is 2. The summed E-state index contributed by atoms with van der Waals surface area (Å²) in [6.45, 7) is 6.12. The Morgan fingerprint density at radius 1 is 0.962 bits per heavy atom. The van der Waals surface area contributed by atoms with Gasteiger partial charge in [0, 0.05) is 45.4 Å². The van der Waals surface area contributed by atoms with Crippen molar-refractivity contribution >= 4 is 35.6 Å². The van der Waals surface area contributed by atoms with E-state index < -0.39 is 0 Å². The van der Waals surface area contributed by atoms with E-state index in [-0.39, 0.29) is 24.8 Å². The van der Waals surface area contributed by atoms with Gasteiger partial charge in [-0.25, -0.2) is 0 Å². The molecule has 1 atom stereocenters. The fraction of sp³-hybridized carbons (Fsp3) is 0.500. The molecule has 26 heavy (non-hydrogen) atoms. The van der Waals surface area contributed by atoms with Gasteiger partial charge in [0.15, 0.2) is 0 Å². The number of halogens is 2. The maximum absolute atomic E-state index is 9.69. The third-order valence-electron chi connectivity index (χ3n) is 5.45. The fourth-order valence-corrected chi connectivity index (χ4v) is 4.21. The lowest BCUT2D eigenvalue weighted by Crippen LogP contribution is -2.47. The summed E-state index contributed by atoms with van der Waals surface area (Å²) in [4.78, 5) is 2.65. The van der Waals surface area contributed by atoms with Crippen molar-refractivity contribution in [2.24, 2.45) is 5.92 Å². The zero-order valence-corrected chi connectivity index (χ0v) is 16.5. The minimum Gasteiger partial charge on any atom is -0.508 e. The summed E-state index contributed by atoms with van der Waals surface area (Å²) in [5, 5.41) is 15.5. The van der Waals surface area contributed by atoms with Crippen LogP contribution in [-0.4, -0.2) is 49.4 Å². The molecule has 2 aliphatic rings. The van der Waals surface area contributed by atoms with Crippen molar-refractivity contribution in [3.05, 3.63) is 42.0 Å². The van der Waals surface area contributed by atoms with E-state index in [0.717, 1.165) is 57.6 Å². The van der Waals surface area contributed by atoms with Crippen molar-refractivity contribution in [1.82, 2.24) is 10.2 Å². The van der Waals surface area contributed by atoms with Gasteiger partial charge in [0.1, 0.15) is 5.75 Å². The molecule has 0 radical (unpaired) electrons. The Morgan fingerprint density at radius 2 is 1.62 bits per heavy atom. The first-order valence-electron chi connectivity index (χ1n) is 9.06. The molecule has 4 nitrogen and oxygen atoms in total. The topological polar surface area (TPSA) is 44.7 Å². The Hall–Kier alpha value is -1.04. The molecule has 0 saturated carbocycles. The minimum atomic E-state index is 0. The lowest BCUT2D eigenvalue weighted by Gasteiger charge is -2.41. The van der Waals surface area contributed by atoms with Crippen LogP contribution in [0.25, 0.3) is 10.8 Å². The highest BCUT2D eigenvalue weighted by atomic mass is 35.5. The summed E-state index contributed by atoms with van der Waals surface area (Å²) < 4.78 is 5.60. The lowest BCUT2D eigenvalue weighted by atomic mass is 9.85. The number of phenols is 1. The van der Waals surface area contributed by atoms with Crippen LogP contribution in [0.2, 0.25) is 0 Å². The molecule has 0 unspecified atom stereocenters. The largest absolute Gasteiger partial charge is 0.508 e. The second-order valence-electron chi connectivity index (χ2n) is 6.97. The van der Waals surface area contributed by atoms with Crippen molar-refractivity contribution in [2.75, 3.05) is 39.4 Å². The summed E-state index contributed by atoms with van der Waals surface area (Å²) in [7, 11) is 0. The quantitative estimate of drug-likeness (QED) is 0.825. The Balaban J connectivity index is 0.00000121. The molecule has 0 bridgehead atoms. The smallest absolute Gasteiger partial charge is 0.116 e. The van der Waals surface area contributed by atoms with E-state index in [2.05, 4.69) is 28.4 Å². The second-order valence-corrected chi connectivity index (χ2v) is 6.97. The number of hydrogen-bond acceptors (Lipinski definition) is 4. The zero-order chi connectivity index (χ0) is 16.4. The summed E-state index contributed by atoms with van der Waals surface area (Å²) in [5.74, 6) is 0.991. The first-order chi connectivity index (χ1) is 11.8. The molecule has 0 aromatic heterocycles. The number of ether oxygens (including phenoxy) is 1. The van der Waals surface area contributed by atoms with E-state index in [1.165, 1.54) is 10.9 Å². The highest BCUT2D eigenvalue weighted by molar-refractivity contribution is 5.86. The van der Waals surface area contributed by atoms with Crippen LogP contribution in [0.5, 0.6) is 5.75 Å². The van der Waals surface area contributed by atoms with Gasteiger partial charge in [-0.3, -0.25) is 4.90 Å². The molecule has 2 aromatic carbocycles. The number of nitrogens with one attached hydrogen (secondary N) is 1. The molecule has 0 aliphatic carbocycles. The molecular weight excluding hydrogens is 371 g/mol. The third kappa shape index (κ3) is 4.62. The van der Waals surface area contributed by atoms with Gasteiger partial charge < -0.3 is 15.2 Å². The minimum absolute atomic E-state index is 0. The van der Waals surface area contributed by atoms with Gasteiger partial charge in [-0.2, -0.15) is 0 Å². The predicted octanol–water partition coefficient (Wildman–Crippen LogP) is 3.76. The second kappa shape index (κ2) is 9.77. The monoisotopic (exact) mass is 398 g/mol. The molecular formula is C20H28Cl2N2O2. The molecule has 6 heteroatoms. The normalized spacial score (nSPS) is 20.2. The van der Waals surface area contributed by atoms with E-state index in [4.69, 9.17) is 4.74 Å². The Bertz CT molecular complexity index is 683. The molecule has 4 rings (SSSR count). The summed E-state index contributed by atoms with van der Waals surface area (Å²) in [5.41, 5.74) is 1.40. The summed E-state index contributed by atoms with van der Waals surface area (Å²) >= 11 is 0. The van der Waals surface area contributed by atoms with E-state index in [1.54, 1.807) is 6.07 Å². The van der Waals surface area contributed by atoms with Gasteiger partial charge in [0.05, 0.1) is 0 Å². The number of aromatic hydroxyl groups is 1. The first-order valence-corrected chi connectivity index (χ1v) is 9.06. The molecule has 2 fully saturated rings. The third-order valence-corrected chi connectivity index (χ3v) is 5.45. The molecule has 0 amide bonds. The number of rotatable bonds is 3.